The lowest BCUT2D eigenvalue weighted by molar-refractivity contribution is -0.141. The van der Waals surface area contributed by atoms with Crippen LogP contribution in [0.15, 0.2) is 36.8 Å². The number of amides is 1. The largest absolute Gasteiger partial charge is 0.490 e. The Labute approximate surface area is 215 Å². The number of hydrogen-bond acceptors (Lipinski definition) is 5. The molecular formula is C24H22Cl2F4N4O2. The number of benzene rings is 1. The number of ether oxygens (including phenoxy) is 1. The Morgan fingerprint density at radius 3 is 2.28 bits per heavy atom. The summed E-state index contributed by atoms with van der Waals surface area (Å²) >= 11 is 12.2. The maximum atomic E-state index is 15.3. The molecular weight excluding hydrogens is 523 g/mol. The predicted molar refractivity (Wildman–Crippen MR) is 127 cm³/mol. The van der Waals surface area contributed by atoms with Crippen LogP contribution in [0.5, 0.6) is 5.75 Å². The van der Waals surface area contributed by atoms with Crippen LogP contribution in [0.3, 0.4) is 0 Å². The number of hydrogen-bond donors (Lipinski definition) is 1. The zero-order valence-corrected chi connectivity index (χ0v) is 21.1. The van der Waals surface area contributed by atoms with E-state index in [1.165, 1.54) is 18.5 Å². The minimum absolute atomic E-state index is 0.00668. The van der Waals surface area contributed by atoms with Gasteiger partial charge in [-0.1, -0.05) is 29.3 Å². The van der Waals surface area contributed by atoms with Gasteiger partial charge in [0.2, 0.25) is 5.91 Å². The molecule has 3 rings (SSSR count). The zero-order chi connectivity index (χ0) is 26.8. The van der Waals surface area contributed by atoms with Gasteiger partial charge in [0, 0.05) is 29.7 Å². The van der Waals surface area contributed by atoms with Gasteiger partial charge in [-0.15, -0.1) is 0 Å². The number of carbonyl (C=O) groups is 1. The normalized spacial score (nSPS) is 13.4. The van der Waals surface area contributed by atoms with Gasteiger partial charge in [-0.25, -0.2) is 9.37 Å². The van der Waals surface area contributed by atoms with Crippen molar-refractivity contribution >= 4 is 29.1 Å². The second kappa shape index (κ2) is 11.0. The highest BCUT2D eigenvalue weighted by Crippen LogP contribution is 2.43. The van der Waals surface area contributed by atoms with Crippen LogP contribution in [0.2, 0.25) is 10.2 Å². The van der Waals surface area contributed by atoms with E-state index in [2.05, 4.69) is 20.3 Å². The standard InChI is InChI=1S/C24H22Cl2F4N4O2/c1-11(2)36-21-15(12(3)23(35)34-13(4)20-22(26)32-8-7-31-20)9-16(25)19(27)18(21)14-5-6-17(33-10-14)24(28,29)30/h5-13H,1-4H3,(H,34,35)/t12-,13?/m0/s1. The summed E-state index contributed by atoms with van der Waals surface area (Å²) in [7, 11) is 0. The molecule has 0 fully saturated rings. The SMILES string of the molecule is CC(C)Oc1c([C@H](C)C(=O)NC(C)c2nccnc2Cl)cc(Cl)c(F)c1-c1ccc(C(F)(F)F)nc1. The summed E-state index contributed by atoms with van der Waals surface area (Å²) in [5.74, 6) is -2.32. The molecule has 3 aromatic rings. The summed E-state index contributed by atoms with van der Waals surface area (Å²) in [5, 5.41) is 2.57. The number of rotatable bonds is 7. The van der Waals surface area contributed by atoms with E-state index in [9.17, 15) is 18.0 Å². The number of pyridine rings is 1. The first-order valence-corrected chi connectivity index (χ1v) is 11.6. The van der Waals surface area contributed by atoms with Crippen molar-refractivity contribution in [2.24, 2.45) is 0 Å². The highest BCUT2D eigenvalue weighted by atomic mass is 35.5. The van der Waals surface area contributed by atoms with Crippen LogP contribution in [0, 0.1) is 5.82 Å². The predicted octanol–water partition coefficient (Wildman–Crippen LogP) is 6.77. The molecule has 0 saturated carbocycles. The van der Waals surface area contributed by atoms with Gasteiger partial charge < -0.3 is 10.1 Å². The van der Waals surface area contributed by atoms with Crippen molar-refractivity contribution in [1.29, 1.82) is 0 Å². The average Bonchev–Trinajstić information content (AvgIpc) is 2.80. The van der Waals surface area contributed by atoms with Crippen molar-refractivity contribution in [3.05, 3.63) is 69.7 Å². The summed E-state index contributed by atoms with van der Waals surface area (Å²) in [4.78, 5) is 24.6. The fraction of sp³-hybridized carbons (Fsp3) is 0.333. The van der Waals surface area contributed by atoms with Crippen molar-refractivity contribution in [2.75, 3.05) is 0 Å². The van der Waals surface area contributed by atoms with Crippen LogP contribution in [0.1, 0.15) is 56.6 Å². The molecule has 6 nitrogen and oxygen atoms in total. The lowest BCUT2D eigenvalue weighted by Gasteiger charge is -2.24. The van der Waals surface area contributed by atoms with Gasteiger partial charge in [0.1, 0.15) is 11.4 Å². The third-order valence-corrected chi connectivity index (χ3v) is 5.77. The average molecular weight is 545 g/mol. The van der Waals surface area contributed by atoms with E-state index in [-0.39, 0.29) is 32.6 Å². The number of nitrogens with zero attached hydrogens (tertiary/aromatic N) is 3. The van der Waals surface area contributed by atoms with Crippen LogP contribution < -0.4 is 10.1 Å². The molecule has 192 valence electrons. The zero-order valence-electron chi connectivity index (χ0n) is 19.6. The summed E-state index contributed by atoms with van der Waals surface area (Å²) in [6, 6.07) is 2.46. The van der Waals surface area contributed by atoms with E-state index >= 15 is 4.39 Å². The third-order valence-electron chi connectivity index (χ3n) is 5.21. The molecule has 0 spiro atoms. The van der Waals surface area contributed by atoms with E-state index in [1.54, 1.807) is 27.7 Å². The molecule has 2 atom stereocenters. The first kappa shape index (κ1) is 27.6. The molecule has 0 saturated heterocycles. The second-order valence-electron chi connectivity index (χ2n) is 8.25. The molecule has 1 N–H and O–H groups in total. The summed E-state index contributed by atoms with van der Waals surface area (Å²) in [6.45, 7) is 6.61. The maximum Gasteiger partial charge on any atom is 0.433 e. The highest BCUT2D eigenvalue weighted by molar-refractivity contribution is 6.31. The fourth-order valence-corrected chi connectivity index (χ4v) is 3.93. The van der Waals surface area contributed by atoms with Gasteiger partial charge in [0.25, 0.3) is 0 Å². The van der Waals surface area contributed by atoms with E-state index in [1.807, 2.05) is 0 Å². The maximum absolute atomic E-state index is 15.3. The Hall–Kier alpha value is -2.98. The Morgan fingerprint density at radius 1 is 1.06 bits per heavy atom. The minimum atomic E-state index is -4.66. The van der Waals surface area contributed by atoms with Crippen LogP contribution in [0.25, 0.3) is 11.1 Å². The van der Waals surface area contributed by atoms with Crippen molar-refractivity contribution < 1.29 is 27.1 Å². The Balaban J connectivity index is 2.06. The number of halogens is 6. The van der Waals surface area contributed by atoms with E-state index in [0.29, 0.717) is 5.69 Å². The van der Waals surface area contributed by atoms with Gasteiger partial charge in [0.15, 0.2) is 11.0 Å². The highest BCUT2D eigenvalue weighted by Gasteiger charge is 2.33. The summed E-state index contributed by atoms with van der Waals surface area (Å²) in [5.41, 5.74) is -0.735. The number of aromatic nitrogens is 3. The minimum Gasteiger partial charge on any atom is -0.490 e. The van der Waals surface area contributed by atoms with Gasteiger partial charge in [-0.2, -0.15) is 13.2 Å². The second-order valence-corrected chi connectivity index (χ2v) is 9.01. The van der Waals surface area contributed by atoms with Gasteiger partial charge in [0.05, 0.1) is 34.3 Å². The molecule has 36 heavy (non-hydrogen) atoms. The molecule has 1 aromatic carbocycles. The molecule has 0 aliphatic rings. The molecule has 2 heterocycles. The number of nitrogens with one attached hydrogen (secondary N) is 1. The van der Waals surface area contributed by atoms with Crippen LogP contribution >= 0.6 is 23.2 Å². The topological polar surface area (TPSA) is 77.0 Å². The number of carbonyl (C=O) groups excluding carboxylic acids is 1. The monoisotopic (exact) mass is 544 g/mol. The van der Waals surface area contributed by atoms with Gasteiger partial charge >= 0.3 is 6.18 Å². The Kier molecular flexibility index (Phi) is 8.40. The van der Waals surface area contributed by atoms with Gasteiger partial charge in [-0.05, 0) is 39.8 Å². The smallest absolute Gasteiger partial charge is 0.433 e. The van der Waals surface area contributed by atoms with Crippen LogP contribution in [-0.2, 0) is 11.0 Å². The van der Waals surface area contributed by atoms with E-state index < -0.39 is 41.7 Å². The molecule has 0 radical (unpaired) electrons. The Bertz CT molecular complexity index is 1250. The van der Waals surface area contributed by atoms with E-state index in [4.69, 9.17) is 27.9 Å². The van der Waals surface area contributed by atoms with E-state index in [0.717, 1.165) is 18.3 Å². The molecule has 0 bridgehead atoms. The van der Waals surface area contributed by atoms with Crippen LogP contribution in [0.4, 0.5) is 17.6 Å². The first-order valence-electron chi connectivity index (χ1n) is 10.8. The van der Waals surface area contributed by atoms with Crippen LogP contribution in [-0.4, -0.2) is 27.0 Å². The van der Waals surface area contributed by atoms with Crippen molar-refractivity contribution in [1.82, 2.24) is 20.3 Å². The first-order chi connectivity index (χ1) is 16.8. The molecule has 2 aromatic heterocycles. The van der Waals surface area contributed by atoms with Gasteiger partial charge in [-0.3, -0.25) is 14.8 Å². The lowest BCUT2D eigenvalue weighted by atomic mass is 9.93. The quantitative estimate of drug-likeness (QED) is 0.332. The summed E-state index contributed by atoms with van der Waals surface area (Å²) in [6.07, 6.45) is -1.39. The van der Waals surface area contributed by atoms with Crippen molar-refractivity contribution in [3.8, 4) is 16.9 Å². The lowest BCUT2D eigenvalue weighted by Crippen LogP contribution is -2.31. The summed E-state index contributed by atoms with van der Waals surface area (Å²) < 4.78 is 60.1. The number of alkyl halides is 3. The molecule has 0 aliphatic carbocycles. The molecule has 12 heteroatoms. The van der Waals surface area contributed by atoms with Crippen molar-refractivity contribution in [3.63, 3.8) is 0 Å². The fourth-order valence-electron chi connectivity index (χ4n) is 3.45. The third kappa shape index (κ3) is 6.04. The Morgan fingerprint density at radius 2 is 1.72 bits per heavy atom. The van der Waals surface area contributed by atoms with Crippen molar-refractivity contribution in [2.45, 2.75) is 51.9 Å². The molecule has 0 aliphatic heterocycles. The molecule has 1 unspecified atom stereocenters. The molecule has 1 amide bonds.